The fourth-order valence-electron chi connectivity index (χ4n) is 3.01. The minimum atomic E-state index is -0.202. The highest BCUT2D eigenvalue weighted by Crippen LogP contribution is 2.15. The molecule has 1 saturated heterocycles. The predicted molar refractivity (Wildman–Crippen MR) is 96.4 cm³/mol. The molecule has 1 aliphatic rings. The minimum Gasteiger partial charge on any atom is -0.345 e. The van der Waals surface area contributed by atoms with Gasteiger partial charge in [0.15, 0.2) is 0 Å². The average Bonchev–Trinajstić information content (AvgIpc) is 3.21. The number of nitrogens with one attached hydrogen (secondary N) is 1. The molecule has 0 atom stereocenters. The van der Waals surface area contributed by atoms with Crippen molar-refractivity contribution in [3.63, 3.8) is 0 Å². The lowest BCUT2D eigenvalue weighted by Gasteiger charge is -2.15. The quantitative estimate of drug-likeness (QED) is 0.794. The van der Waals surface area contributed by atoms with Crippen LogP contribution in [0, 0.1) is 0 Å². The van der Waals surface area contributed by atoms with Gasteiger partial charge in [-0.05, 0) is 31.0 Å². The summed E-state index contributed by atoms with van der Waals surface area (Å²) >= 11 is 0. The molecular weight excluding hydrogens is 314 g/mol. The van der Waals surface area contributed by atoms with Gasteiger partial charge in [0.25, 0.3) is 5.91 Å². The Hall–Kier alpha value is -3.02. The van der Waals surface area contributed by atoms with Crippen molar-refractivity contribution in [2.24, 2.45) is 0 Å². The summed E-state index contributed by atoms with van der Waals surface area (Å²) in [5, 5.41) is 3.91. The van der Waals surface area contributed by atoms with Crippen LogP contribution in [0.1, 0.15) is 29.0 Å². The maximum atomic E-state index is 12.4. The minimum absolute atomic E-state index is 0.202. The normalized spacial score (nSPS) is 14.0. The van der Waals surface area contributed by atoms with Crippen molar-refractivity contribution >= 4 is 22.8 Å². The van der Waals surface area contributed by atoms with Crippen LogP contribution in [0.4, 0.5) is 5.95 Å². The van der Waals surface area contributed by atoms with Crippen LogP contribution in [-0.2, 0) is 6.54 Å². The van der Waals surface area contributed by atoms with Gasteiger partial charge in [-0.25, -0.2) is 15.0 Å². The van der Waals surface area contributed by atoms with Crippen molar-refractivity contribution in [2.45, 2.75) is 19.4 Å². The van der Waals surface area contributed by atoms with Gasteiger partial charge in [-0.15, -0.1) is 0 Å². The standard InChI is InChI=1S/C19H19N5O/c25-18(17-8-7-14-5-1-2-6-16(14)23-17)21-13-15-9-10-20-19(22-15)24-11-3-4-12-24/h1-2,5-10H,3-4,11-13H2,(H,21,25). The molecule has 3 heterocycles. The van der Waals surface area contributed by atoms with E-state index >= 15 is 0 Å². The highest BCUT2D eigenvalue weighted by Gasteiger charge is 2.15. The van der Waals surface area contributed by atoms with Crippen LogP contribution in [0.15, 0.2) is 48.7 Å². The van der Waals surface area contributed by atoms with Crippen molar-refractivity contribution in [2.75, 3.05) is 18.0 Å². The number of amides is 1. The number of benzene rings is 1. The molecule has 126 valence electrons. The van der Waals surface area contributed by atoms with Gasteiger partial charge in [-0.1, -0.05) is 24.3 Å². The van der Waals surface area contributed by atoms with Gasteiger partial charge in [-0.3, -0.25) is 4.79 Å². The number of hydrogen-bond donors (Lipinski definition) is 1. The lowest BCUT2D eigenvalue weighted by molar-refractivity contribution is 0.0946. The highest BCUT2D eigenvalue weighted by molar-refractivity contribution is 5.94. The van der Waals surface area contributed by atoms with Gasteiger partial charge in [0, 0.05) is 24.7 Å². The smallest absolute Gasteiger partial charge is 0.270 e. The van der Waals surface area contributed by atoms with Crippen LogP contribution in [-0.4, -0.2) is 33.9 Å². The molecule has 1 N–H and O–H groups in total. The number of anilines is 1. The fraction of sp³-hybridized carbons (Fsp3) is 0.263. The summed E-state index contributed by atoms with van der Waals surface area (Å²) in [6.07, 6.45) is 4.10. The van der Waals surface area contributed by atoms with Crippen LogP contribution in [0.3, 0.4) is 0 Å². The molecule has 0 aliphatic carbocycles. The van der Waals surface area contributed by atoms with Crippen molar-refractivity contribution in [1.82, 2.24) is 20.3 Å². The highest BCUT2D eigenvalue weighted by atomic mass is 16.1. The Bertz CT molecular complexity index is 905. The number of aromatic nitrogens is 3. The molecular formula is C19H19N5O. The SMILES string of the molecule is O=C(NCc1ccnc(N2CCCC2)n1)c1ccc2ccccc2n1. The van der Waals surface area contributed by atoms with Crippen molar-refractivity contribution in [3.05, 3.63) is 60.0 Å². The van der Waals surface area contributed by atoms with E-state index in [1.807, 2.05) is 36.4 Å². The number of carbonyl (C=O) groups is 1. The van der Waals surface area contributed by atoms with Crippen LogP contribution >= 0.6 is 0 Å². The van der Waals surface area contributed by atoms with E-state index in [0.717, 1.165) is 35.6 Å². The van der Waals surface area contributed by atoms with Crippen LogP contribution in [0.25, 0.3) is 10.9 Å². The Morgan fingerprint density at radius 1 is 1.04 bits per heavy atom. The van der Waals surface area contributed by atoms with Gasteiger partial charge < -0.3 is 10.2 Å². The predicted octanol–water partition coefficient (Wildman–Crippen LogP) is 2.56. The maximum absolute atomic E-state index is 12.4. The second-order valence-corrected chi connectivity index (χ2v) is 6.11. The number of carbonyl (C=O) groups excluding carboxylic acids is 1. The van der Waals surface area contributed by atoms with Crippen molar-refractivity contribution < 1.29 is 4.79 Å². The molecule has 4 rings (SSSR count). The molecule has 0 radical (unpaired) electrons. The number of hydrogen-bond acceptors (Lipinski definition) is 5. The van der Waals surface area contributed by atoms with E-state index in [1.165, 1.54) is 12.8 Å². The summed E-state index contributed by atoms with van der Waals surface area (Å²) in [5.74, 6) is 0.542. The number of rotatable bonds is 4. The zero-order valence-electron chi connectivity index (χ0n) is 13.9. The third kappa shape index (κ3) is 3.42. The summed E-state index contributed by atoms with van der Waals surface area (Å²) < 4.78 is 0. The molecule has 0 spiro atoms. The number of fused-ring (bicyclic) bond motifs is 1. The summed E-state index contributed by atoms with van der Waals surface area (Å²) in [5.41, 5.74) is 2.02. The van der Waals surface area contributed by atoms with E-state index in [0.29, 0.717) is 12.2 Å². The summed E-state index contributed by atoms with van der Waals surface area (Å²) in [4.78, 5) is 27.8. The van der Waals surface area contributed by atoms with Gasteiger partial charge in [0.05, 0.1) is 17.8 Å². The molecule has 1 aliphatic heterocycles. The largest absolute Gasteiger partial charge is 0.345 e. The fourth-order valence-corrected chi connectivity index (χ4v) is 3.01. The summed E-state index contributed by atoms with van der Waals surface area (Å²) in [6.45, 7) is 2.35. The molecule has 0 saturated carbocycles. The van der Waals surface area contributed by atoms with Gasteiger partial charge in [-0.2, -0.15) is 0 Å². The molecule has 3 aromatic rings. The van der Waals surface area contributed by atoms with E-state index in [9.17, 15) is 4.79 Å². The Balaban J connectivity index is 1.45. The maximum Gasteiger partial charge on any atom is 0.270 e. The molecule has 6 nitrogen and oxygen atoms in total. The molecule has 1 amide bonds. The Morgan fingerprint density at radius 3 is 2.76 bits per heavy atom. The van der Waals surface area contributed by atoms with Gasteiger partial charge in [0.2, 0.25) is 5.95 Å². The van der Waals surface area contributed by atoms with Crippen molar-refractivity contribution in [1.29, 1.82) is 0 Å². The van der Waals surface area contributed by atoms with E-state index in [4.69, 9.17) is 0 Å². The van der Waals surface area contributed by atoms with Crippen LogP contribution in [0.2, 0.25) is 0 Å². The molecule has 6 heteroatoms. The first kappa shape index (κ1) is 15.5. The lowest BCUT2D eigenvalue weighted by atomic mass is 10.2. The molecule has 2 aromatic heterocycles. The third-order valence-corrected chi connectivity index (χ3v) is 4.35. The third-order valence-electron chi connectivity index (χ3n) is 4.35. The van der Waals surface area contributed by atoms with E-state index in [-0.39, 0.29) is 5.91 Å². The van der Waals surface area contributed by atoms with Crippen LogP contribution in [0.5, 0.6) is 0 Å². The van der Waals surface area contributed by atoms with Gasteiger partial charge >= 0.3 is 0 Å². The van der Waals surface area contributed by atoms with Crippen LogP contribution < -0.4 is 10.2 Å². The second kappa shape index (κ2) is 6.84. The Kier molecular flexibility index (Phi) is 4.24. The Labute approximate surface area is 145 Å². The molecule has 0 bridgehead atoms. The second-order valence-electron chi connectivity index (χ2n) is 6.11. The number of nitrogens with zero attached hydrogens (tertiary/aromatic N) is 4. The Morgan fingerprint density at radius 2 is 1.88 bits per heavy atom. The summed E-state index contributed by atoms with van der Waals surface area (Å²) in [6, 6.07) is 13.2. The zero-order valence-corrected chi connectivity index (χ0v) is 13.9. The average molecular weight is 333 g/mol. The number of para-hydroxylation sites is 1. The topological polar surface area (TPSA) is 71.0 Å². The van der Waals surface area contributed by atoms with E-state index in [2.05, 4.69) is 25.2 Å². The first-order chi connectivity index (χ1) is 12.3. The monoisotopic (exact) mass is 333 g/mol. The van der Waals surface area contributed by atoms with Gasteiger partial charge in [0.1, 0.15) is 5.69 Å². The van der Waals surface area contributed by atoms with E-state index in [1.54, 1.807) is 12.3 Å². The van der Waals surface area contributed by atoms with Crippen molar-refractivity contribution in [3.8, 4) is 0 Å². The van der Waals surface area contributed by atoms with E-state index < -0.39 is 0 Å². The first-order valence-corrected chi connectivity index (χ1v) is 8.50. The summed E-state index contributed by atoms with van der Waals surface area (Å²) in [7, 11) is 0. The molecule has 25 heavy (non-hydrogen) atoms. The molecule has 1 fully saturated rings. The first-order valence-electron chi connectivity index (χ1n) is 8.50. The zero-order chi connectivity index (χ0) is 17.1. The number of pyridine rings is 1. The molecule has 1 aromatic carbocycles. The molecule has 0 unspecified atom stereocenters. The lowest BCUT2D eigenvalue weighted by Crippen LogP contribution is -2.25.